The molecule has 0 fully saturated rings. The lowest BCUT2D eigenvalue weighted by atomic mass is 9.91. The molecule has 1 N–H and O–H groups in total. The van der Waals surface area contributed by atoms with E-state index in [1.54, 1.807) is 11.8 Å². The molecular formula is C30H29NO2S. The molecule has 0 atom stereocenters. The van der Waals surface area contributed by atoms with Crippen molar-refractivity contribution < 1.29 is 9.53 Å². The SMILES string of the molecule is CCOC(=O)Cc1ccc(Sc2ccc(NCC(c3ccccc3)c3ccccc3)cc2)cc1. The van der Waals surface area contributed by atoms with Gasteiger partial charge in [0.25, 0.3) is 0 Å². The van der Waals surface area contributed by atoms with E-state index in [0.29, 0.717) is 13.0 Å². The standard InChI is InChI=1S/C30H29NO2S/c1-2-33-30(32)21-23-13-17-27(18-14-23)34-28-19-15-26(16-20-28)31-22-29(24-9-5-3-6-10-24)25-11-7-4-8-12-25/h3-20,29,31H,2,21-22H2,1H3. The highest BCUT2D eigenvalue weighted by molar-refractivity contribution is 7.99. The van der Waals surface area contributed by atoms with Crippen LogP contribution in [0.25, 0.3) is 0 Å². The van der Waals surface area contributed by atoms with Gasteiger partial charge in [-0.05, 0) is 60.0 Å². The molecule has 0 aliphatic heterocycles. The first kappa shape index (κ1) is 23.7. The number of hydrogen-bond acceptors (Lipinski definition) is 4. The molecule has 34 heavy (non-hydrogen) atoms. The van der Waals surface area contributed by atoms with Crippen molar-refractivity contribution in [3.63, 3.8) is 0 Å². The van der Waals surface area contributed by atoms with E-state index in [0.717, 1.165) is 22.7 Å². The van der Waals surface area contributed by atoms with E-state index in [1.807, 2.05) is 19.1 Å². The van der Waals surface area contributed by atoms with Crippen LogP contribution in [-0.2, 0) is 16.0 Å². The summed E-state index contributed by atoms with van der Waals surface area (Å²) in [4.78, 5) is 14.0. The van der Waals surface area contributed by atoms with Gasteiger partial charge in [0.15, 0.2) is 0 Å². The lowest BCUT2D eigenvalue weighted by Crippen LogP contribution is -2.14. The highest BCUT2D eigenvalue weighted by Gasteiger charge is 2.13. The Bertz CT molecular complexity index is 1120. The molecule has 0 aliphatic carbocycles. The maximum Gasteiger partial charge on any atom is 0.310 e. The van der Waals surface area contributed by atoms with Crippen LogP contribution in [0.15, 0.2) is 119 Å². The minimum atomic E-state index is -0.187. The van der Waals surface area contributed by atoms with Crippen LogP contribution in [0.4, 0.5) is 5.69 Å². The van der Waals surface area contributed by atoms with Crippen molar-refractivity contribution >= 4 is 23.4 Å². The van der Waals surface area contributed by atoms with E-state index in [2.05, 4.69) is 102 Å². The zero-order chi connectivity index (χ0) is 23.6. The normalized spacial score (nSPS) is 10.8. The fourth-order valence-corrected chi connectivity index (χ4v) is 4.67. The first-order chi connectivity index (χ1) is 16.7. The summed E-state index contributed by atoms with van der Waals surface area (Å²) in [5.74, 6) is 0.0948. The van der Waals surface area contributed by atoms with Crippen LogP contribution in [0.3, 0.4) is 0 Å². The Morgan fingerprint density at radius 2 is 1.29 bits per heavy atom. The number of nitrogens with one attached hydrogen (secondary N) is 1. The van der Waals surface area contributed by atoms with Crippen LogP contribution in [0, 0.1) is 0 Å². The Kier molecular flexibility index (Phi) is 8.42. The largest absolute Gasteiger partial charge is 0.466 e. The summed E-state index contributed by atoms with van der Waals surface area (Å²) in [6, 6.07) is 37.9. The van der Waals surface area contributed by atoms with Gasteiger partial charge in [-0.3, -0.25) is 4.79 Å². The zero-order valence-corrected chi connectivity index (χ0v) is 20.1. The van der Waals surface area contributed by atoms with Crippen molar-refractivity contribution in [3.8, 4) is 0 Å². The van der Waals surface area contributed by atoms with Gasteiger partial charge in [-0.25, -0.2) is 0 Å². The van der Waals surface area contributed by atoms with Crippen molar-refractivity contribution in [2.75, 3.05) is 18.5 Å². The summed E-state index contributed by atoms with van der Waals surface area (Å²) in [5, 5.41) is 3.62. The fourth-order valence-electron chi connectivity index (χ4n) is 3.85. The van der Waals surface area contributed by atoms with Gasteiger partial charge in [0, 0.05) is 27.9 Å². The third kappa shape index (κ3) is 6.75. The van der Waals surface area contributed by atoms with E-state index in [4.69, 9.17) is 4.74 Å². The summed E-state index contributed by atoms with van der Waals surface area (Å²) in [6.07, 6.45) is 0.312. The molecule has 3 nitrogen and oxygen atoms in total. The predicted octanol–water partition coefficient (Wildman–Crippen LogP) is 7.19. The monoisotopic (exact) mass is 467 g/mol. The van der Waals surface area contributed by atoms with E-state index in [9.17, 15) is 4.79 Å². The Morgan fingerprint density at radius 3 is 1.82 bits per heavy atom. The molecule has 0 unspecified atom stereocenters. The van der Waals surface area contributed by atoms with Gasteiger partial charge in [0.1, 0.15) is 0 Å². The second-order valence-electron chi connectivity index (χ2n) is 8.01. The van der Waals surface area contributed by atoms with Crippen molar-refractivity contribution in [2.45, 2.75) is 29.1 Å². The third-order valence-corrected chi connectivity index (χ3v) is 6.60. The average Bonchev–Trinajstić information content (AvgIpc) is 2.88. The summed E-state index contributed by atoms with van der Waals surface area (Å²) in [5.41, 5.74) is 4.68. The number of rotatable bonds is 10. The number of anilines is 1. The highest BCUT2D eigenvalue weighted by Crippen LogP contribution is 2.30. The molecule has 4 aromatic rings. The van der Waals surface area contributed by atoms with Crippen LogP contribution in [0.5, 0.6) is 0 Å². The van der Waals surface area contributed by atoms with E-state index in [-0.39, 0.29) is 11.9 Å². The Hall–Kier alpha value is -3.50. The van der Waals surface area contributed by atoms with Crippen molar-refractivity contribution in [3.05, 3.63) is 126 Å². The molecule has 0 aliphatic rings. The topological polar surface area (TPSA) is 38.3 Å². The number of hydrogen-bond donors (Lipinski definition) is 1. The second-order valence-corrected chi connectivity index (χ2v) is 9.15. The smallest absolute Gasteiger partial charge is 0.310 e. The Morgan fingerprint density at radius 1 is 0.765 bits per heavy atom. The Labute approximate surface area is 206 Å². The molecule has 0 bridgehead atoms. The van der Waals surface area contributed by atoms with Crippen LogP contribution >= 0.6 is 11.8 Å². The van der Waals surface area contributed by atoms with Gasteiger partial charge in [-0.15, -0.1) is 0 Å². The second kappa shape index (κ2) is 12.1. The van der Waals surface area contributed by atoms with Crippen LogP contribution < -0.4 is 5.32 Å². The van der Waals surface area contributed by atoms with E-state index >= 15 is 0 Å². The molecule has 0 aromatic heterocycles. The molecular weight excluding hydrogens is 438 g/mol. The van der Waals surface area contributed by atoms with E-state index < -0.39 is 0 Å². The van der Waals surface area contributed by atoms with Crippen LogP contribution in [0.2, 0.25) is 0 Å². The quantitative estimate of drug-likeness (QED) is 0.251. The highest BCUT2D eigenvalue weighted by atomic mass is 32.2. The first-order valence-corrected chi connectivity index (χ1v) is 12.4. The van der Waals surface area contributed by atoms with Crippen LogP contribution in [0.1, 0.15) is 29.5 Å². The summed E-state index contributed by atoms with van der Waals surface area (Å²) < 4.78 is 5.02. The summed E-state index contributed by atoms with van der Waals surface area (Å²) in [7, 11) is 0. The molecule has 0 saturated heterocycles. The molecule has 0 radical (unpaired) electrons. The molecule has 0 saturated carbocycles. The van der Waals surface area contributed by atoms with E-state index in [1.165, 1.54) is 16.0 Å². The molecule has 4 rings (SSSR count). The Balaban J connectivity index is 1.36. The van der Waals surface area contributed by atoms with Crippen LogP contribution in [-0.4, -0.2) is 19.1 Å². The van der Waals surface area contributed by atoms with Crippen molar-refractivity contribution in [2.24, 2.45) is 0 Å². The lowest BCUT2D eigenvalue weighted by molar-refractivity contribution is -0.142. The fraction of sp³-hybridized carbons (Fsp3) is 0.167. The summed E-state index contributed by atoms with van der Waals surface area (Å²) >= 11 is 1.71. The van der Waals surface area contributed by atoms with Gasteiger partial charge in [0.2, 0.25) is 0 Å². The van der Waals surface area contributed by atoms with Gasteiger partial charge in [0.05, 0.1) is 13.0 Å². The average molecular weight is 468 g/mol. The maximum absolute atomic E-state index is 11.6. The van der Waals surface area contributed by atoms with Crippen molar-refractivity contribution in [1.82, 2.24) is 0 Å². The number of carbonyl (C=O) groups is 1. The van der Waals surface area contributed by atoms with Gasteiger partial charge in [-0.1, -0.05) is 84.6 Å². The number of esters is 1. The number of ether oxygens (including phenoxy) is 1. The zero-order valence-electron chi connectivity index (χ0n) is 19.3. The molecule has 4 aromatic carbocycles. The molecule has 4 heteroatoms. The first-order valence-electron chi connectivity index (χ1n) is 11.6. The predicted molar refractivity (Wildman–Crippen MR) is 141 cm³/mol. The van der Waals surface area contributed by atoms with Gasteiger partial charge >= 0.3 is 5.97 Å². The minimum Gasteiger partial charge on any atom is -0.466 e. The van der Waals surface area contributed by atoms with Gasteiger partial charge in [-0.2, -0.15) is 0 Å². The van der Waals surface area contributed by atoms with Crippen molar-refractivity contribution in [1.29, 1.82) is 0 Å². The third-order valence-electron chi connectivity index (χ3n) is 5.58. The number of benzene rings is 4. The summed E-state index contributed by atoms with van der Waals surface area (Å²) in [6.45, 7) is 3.06. The lowest BCUT2D eigenvalue weighted by Gasteiger charge is -2.19. The maximum atomic E-state index is 11.6. The molecule has 0 spiro atoms. The molecule has 0 amide bonds. The number of carbonyl (C=O) groups excluding carboxylic acids is 1. The van der Waals surface area contributed by atoms with Gasteiger partial charge < -0.3 is 10.1 Å². The molecule has 172 valence electrons. The minimum absolute atomic E-state index is 0.187. The molecule has 0 heterocycles.